The predicted octanol–water partition coefficient (Wildman–Crippen LogP) is 3.06. The number of carbonyl (C=O) groups excluding carboxylic acids is 1. The smallest absolute Gasteiger partial charge is 0.238 e. The minimum absolute atomic E-state index is 0.0599. The fourth-order valence-electron chi connectivity index (χ4n) is 2.68. The van der Waals surface area contributed by atoms with Crippen molar-refractivity contribution in [3.05, 3.63) is 47.0 Å². The molecule has 0 aliphatic carbocycles. The van der Waals surface area contributed by atoms with Crippen LogP contribution in [0.25, 0.3) is 0 Å². The van der Waals surface area contributed by atoms with E-state index in [1.807, 2.05) is 19.9 Å². The first kappa shape index (κ1) is 18.1. The first-order valence-electron chi connectivity index (χ1n) is 8.27. The standard InChI is InChI=1S/C18H25FN4O/c1-4-9-23(10-8-15-6-5-7-16(19)11-15)12-17(24)20-18-13(2)21-22-14(18)3/h5-7,11H,4,8-10,12H2,1-3H3,(H,20,24)(H,21,22). The lowest BCUT2D eigenvalue weighted by molar-refractivity contribution is -0.117. The van der Waals surface area contributed by atoms with Crippen LogP contribution in [0.3, 0.4) is 0 Å². The Bertz CT molecular complexity index is 664. The fourth-order valence-corrected chi connectivity index (χ4v) is 2.68. The van der Waals surface area contributed by atoms with Crippen LogP contribution in [0.1, 0.15) is 30.3 Å². The van der Waals surface area contributed by atoms with Gasteiger partial charge in [0.1, 0.15) is 5.82 Å². The maximum atomic E-state index is 13.3. The van der Waals surface area contributed by atoms with Crippen LogP contribution in [0.2, 0.25) is 0 Å². The van der Waals surface area contributed by atoms with Crippen molar-refractivity contribution in [3.63, 3.8) is 0 Å². The molecule has 6 heteroatoms. The highest BCUT2D eigenvalue weighted by molar-refractivity contribution is 5.93. The van der Waals surface area contributed by atoms with Gasteiger partial charge in [-0.1, -0.05) is 19.1 Å². The minimum Gasteiger partial charge on any atom is -0.322 e. The van der Waals surface area contributed by atoms with Crippen LogP contribution in [0.15, 0.2) is 24.3 Å². The second-order valence-electron chi connectivity index (χ2n) is 6.01. The van der Waals surface area contributed by atoms with Gasteiger partial charge >= 0.3 is 0 Å². The van der Waals surface area contributed by atoms with Gasteiger partial charge in [0, 0.05) is 6.54 Å². The number of rotatable bonds is 8. The topological polar surface area (TPSA) is 61.0 Å². The van der Waals surface area contributed by atoms with Crippen molar-refractivity contribution in [2.24, 2.45) is 0 Å². The third-order valence-electron chi connectivity index (χ3n) is 3.91. The number of nitrogens with one attached hydrogen (secondary N) is 2. The second-order valence-corrected chi connectivity index (χ2v) is 6.01. The Hall–Kier alpha value is -2.21. The first-order valence-corrected chi connectivity index (χ1v) is 8.27. The maximum absolute atomic E-state index is 13.3. The van der Waals surface area contributed by atoms with Gasteiger partial charge in [-0.15, -0.1) is 0 Å². The van der Waals surface area contributed by atoms with Crippen molar-refractivity contribution in [3.8, 4) is 0 Å². The molecule has 24 heavy (non-hydrogen) atoms. The Morgan fingerprint density at radius 3 is 2.75 bits per heavy atom. The SMILES string of the molecule is CCCN(CCc1cccc(F)c1)CC(=O)Nc1c(C)n[nH]c1C. The lowest BCUT2D eigenvalue weighted by atomic mass is 10.1. The molecule has 0 saturated heterocycles. The zero-order valence-electron chi connectivity index (χ0n) is 14.5. The first-order chi connectivity index (χ1) is 11.5. The van der Waals surface area contributed by atoms with Crippen molar-refractivity contribution < 1.29 is 9.18 Å². The molecule has 0 atom stereocenters. The van der Waals surface area contributed by atoms with Gasteiger partial charge < -0.3 is 5.32 Å². The van der Waals surface area contributed by atoms with E-state index in [9.17, 15) is 9.18 Å². The van der Waals surface area contributed by atoms with E-state index in [1.165, 1.54) is 6.07 Å². The van der Waals surface area contributed by atoms with Crippen LogP contribution in [0.4, 0.5) is 10.1 Å². The Kier molecular flexibility index (Phi) is 6.49. The van der Waals surface area contributed by atoms with E-state index >= 15 is 0 Å². The molecule has 0 unspecified atom stereocenters. The molecular weight excluding hydrogens is 307 g/mol. The molecule has 2 rings (SSSR count). The Morgan fingerprint density at radius 2 is 2.12 bits per heavy atom. The summed E-state index contributed by atoms with van der Waals surface area (Å²) in [6.45, 7) is 7.67. The molecular formula is C18H25FN4O. The Labute approximate surface area is 142 Å². The minimum atomic E-state index is -0.224. The number of H-pyrrole nitrogens is 1. The largest absolute Gasteiger partial charge is 0.322 e. The molecule has 0 radical (unpaired) electrons. The molecule has 2 N–H and O–H groups in total. The number of hydrogen-bond donors (Lipinski definition) is 2. The number of nitrogens with zero attached hydrogens (tertiary/aromatic N) is 2. The zero-order valence-corrected chi connectivity index (χ0v) is 14.5. The summed E-state index contributed by atoms with van der Waals surface area (Å²) in [5.41, 5.74) is 3.32. The molecule has 0 aliphatic heterocycles. The summed E-state index contributed by atoms with van der Waals surface area (Å²) in [6, 6.07) is 6.61. The van der Waals surface area contributed by atoms with E-state index in [0.29, 0.717) is 13.1 Å². The lowest BCUT2D eigenvalue weighted by Crippen LogP contribution is -2.35. The summed E-state index contributed by atoms with van der Waals surface area (Å²) in [6.07, 6.45) is 1.68. The van der Waals surface area contributed by atoms with E-state index in [4.69, 9.17) is 0 Å². The van der Waals surface area contributed by atoms with E-state index in [0.717, 1.165) is 42.0 Å². The molecule has 1 aromatic heterocycles. The average molecular weight is 332 g/mol. The van der Waals surface area contributed by atoms with Crippen molar-refractivity contribution >= 4 is 11.6 Å². The number of aromatic nitrogens is 2. The van der Waals surface area contributed by atoms with Crippen molar-refractivity contribution in [1.82, 2.24) is 15.1 Å². The Morgan fingerprint density at radius 1 is 1.33 bits per heavy atom. The fraction of sp³-hybridized carbons (Fsp3) is 0.444. The summed E-state index contributed by atoms with van der Waals surface area (Å²) in [7, 11) is 0. The molecule has 0 aliphatic rings. The molecule has 5 nitrogen and oxygen atoms in total. The van der Waals surface area contributed by atoms with Gasteiger partial charge in [-0.05, 0) is 50.9 Å². The summed E-state index contributed by atoms with van der Waals surface area (Å²) >= 11 is 0. The van der Waals surface area contributed by atoms with E-state index < -0.39 is 0 Å². The quantitative estimate of drug-likeness (QED) is 0.781. The van der Waals surface area contributed by atoms with Gasteiger partial charge in [0.25, 0.3) is 0 Å². The number of anilines is 1. The predicted molar refractivity (Wildman–Crippen MR) is 93.5 cm³/mol. The number of carbonyl (C=O) groups is 1. The van der Waals surface area contributed by atoms with E-state index in [1.54, 1.807) is 12.1 Å². The van der Waals surface area contributed by atoms with Gasteiger partial charge in [0.15, 0.2) is 0 Å². The Balaban J connectivity index is 1.91. The molecule has 1 aromatic carbocycles. The maximum Gasteiger partial charge on any atom is 0.238 e. The summed E-state index contributed by atoms with van der Waals surface area (Å²) in [4.78, 5) is 14.4. The van der Waals surface area contributed by atoms with E-state index in [2.05, 4.69) is 27.3 Å². The van der Waals surface area contributed by atoms with Gasteiger partial charge in [-0.2, -0.15) is 5.10 Å². The molecule has 0 bridgehead atoms. The molecule has 130 valence electrons. The van der Waals surface area contributed by atoms with Crippen molar-refractivity contribution in [2.75, 3.05) is 25.0 Å². The van der Waals surface area contributed by atoms with Crippen LogP contribution in [-0.4, -0.2) is 40.6 Å². The number of halogens is 1. The third-order valence-corrected chi connectivity index (χ3v) is 3.91. The molecule has 1 amide bonds. The summed E-state index contributed by atoms with van der Waals surface area (Å²) in [5.74, 6) is -0.284. The van der Waals surface area contributed by atoms with Gasteiger partial charge in [0.05, 0.1) is 23.6 Å². The zero-order chi connectivity index (χ0) is 17.5. The highest BCUT2D eigenvalue weighted by Crippen LogP contribution is 2.15. The van der Waals surface area contributed by atoms with Crippen LogP contribution < -0.4 is 5.32 Å². The highest BCUT2D eigenvalue weighted by atomic mass is 19.1. The normalized spacial score (nSPS) is 11.0. The lowest BCUT2D eigenvalue weighted by Gasteiger charge is -2.21. The molecule has 0 fully saturated rings. The molecule has 0 saturated carbocycles. The van der Waals surface area contributed by atoms with Gasteiger partial charge in [0.2, 0.25) is 5.91 Å². The van der Waals surface area contributed by atoms with Crippen LogP contribution in [-0.2, 0) is 11.2 Å². The van der Waals surface area contributed by atoms with Crippen LogP contribution in [0.5, 0.6) is 0 Å². The molecule has 0 spiro atoms. The van der Waals surface area contributed by atoms with E-state index in [-0.39, 0.29) is 11.7 Å². The highest BCUT2D eigenvalue weighted by Gasteiger charge is 2.14. The van der Waals surface area contributed by atoms with Gasteiger partial charge in [-0.25, -0.2) is 4.39 Å². The molecule has 1 heterocycles. The number of amides is 1. The number of hydrogen-bond acceptors (Lipinski definition) is 3. The average Bonchev–Trinajstić information content (AvgIpc) is 2.85. The van der Waals surface area contributed by atoms with Gasteiger partial charge in [-0.3, -0.25) is 14.8 Å². The second kappa shape index (κ2) is 8.59. The number of aryl methyl sites for hydroxylation is 2. The van der Waals surface area contributed by atoms with Crippen LogP contribution >= 0.6 is 0 Å². The number of benzene rings is 1. The van der Waals surface area contributed by atoms with Crippen molar-refractivity contribution in [1.29, 1.82) is 0 Å². The summed E-state index contributed by atoms with van der Waals surface area (Å²) in [5, 5.41) is 9.86. The van der Waals surface area contributed by atoms with Crippen molar-refractivity contribution in [2.45, 2.75) is 33.6 Å². The molecule has 2 aromatic rings. The summed E-state index contributed by atoms with van der Waals surface area (Å²) < 4.78 is 13.3. The number of aromatic amines is 1. The third kappa shape index (κ3) is 5.16. The monoisotopic (exact) mass is 332 g/mol. The van der Waals surface area contributed by atoms with Crippen LogP contribution in [0, 0.1) is 19.7 Å².